The summed E-state index contributed by atoms with van der Waals surface area (Å²) in [4.78, 5) is 12.4. The van der Waals surface area contributed by atoms with Crippen LogP contribution in [0.4, 0.5) is 0 Å². The van der Waals surface area contributed by atoms with Gasteiger partial charge in [0.05, 0.1) is 11.5 Å². The summed E-state index contributed by atoms with van der Waals surface area (Å²) < 4.78 is 0. The smallest absolute Gasteiger partial charge is 0.228 e. The monoisotopic (exact) mass is 301 g/mol. The first-order valence-electron chi connectivity index (χ1n) is 6.61. The van der Waals surface area contributed by atoms with E-state index in [0.29, 0.717) is 11.8 Å². The van der Waals surface area contributed by atoms with Crippen LogP contribution in [-0.2, 0) is 4.79 Å². The van der Waals surface area contributed by atoms with E-state index in [2.05, 4.69) is 5.32 Å². The van der Waals surface area contributed by atoms with Crippen LogP contribution in [0.1, 0.15) is 38.2 Å². The summed E-state index contributed by atoms with van der Waals surface area (Å²) in [6.45, 7) is 3.99. The number of carbonyl (C=O) groups is 1. The zero-order valence-electron chi connectivity index (χ0n) is 11.5. The van der Waals surface area contributed by atoms with Gasteiger partial charge < -0.3 is 5.32 Å². The Hall–Kier alpha value is -0.730. The van der Waals surface area contributed by atoms with Crippen LogP contribution in [0.2, 0.25) is 0 Å². The van der Waals surface area contributed by atoms with Gasteiger partial charge in [0, 0.05) is 11.8 Å². The van der Waals surface area contributed by atoms with E-state index in [0.717, 1.165) is 18.4 Å². The minimum Gasteiger partial charge on any atom is -0.348 e. The Kier molecular flexibility index (Phi) is 6.67. The summed E-state index contributed by atoms with van der Waals surface area (Å²) in [7, 11) is 0. The molecule has 1 N–H and O–H groups in total. The molecule has 0 aliphatic rings. The lowest BCUT2D eigenvalue weighted by Gasteiger charge is -2.31. The second kappa shape index (κ2) is 7.76. The lowest BCUT2D eigenvalue weighted by molar-refractivity contribution is -0.124. The van der Waals surface area contributed by atoms with Crippen LogP contribution < -0.4 is 5.32 Å². The number of alkyl halides is 2. The zero-order chi connectivity index (χ0) is 14.3. The average molecular weight is 302 g/mol. The second-order valence-electron chi connectivity index (χ2n) is 4.76. The first-order chi connectivity index (χ1) is 9.12. The minimum atomic E-state index is -0.512. The highest BCUT2D eigenvalue weighted by Crippen LogP contribution is 2.22. The van der Waals surface area contributed by atoms with Crippen molar-refractivity contribution in [3.8, 4) is 0 Å². The van der Waals surface area contributed by atoms with Crippen molar-refractivity contribution in [2.45, 2.75) is 38.1 Å². The summed E-state index contributed by atoms with van der Waals surface area (Å²) in [5.41, 5.74) is 0.513. The third-order valence-corrected chi connectivity index (χ3v) is 4.53. The molecule has 0 bridgehead atoms. The molecule has 0 aromatic heterocycles. The molecule has 2 nitrogen and oxygen atoms in total. The van der Waals surface area contributed by atoms with E-state index in [9.17, 15) is 4.79 Å². The maximum Gasteiger partial charge on any atom is 0.228 e. The molecule has 1 rings (SSSR count). The van der Waals surface area contributed by atoms with Gasteiger partial charge in [-0.15, -0.1) is 23.2 Å². The van der Waals surface area contributed by atoms with Gasteiger partial charge in [0.2, 0.25) is 5.91 Å². The Morgan fingerprint density at radius 1 is 1.21 bits per heavy atom. The van der Waals surface area contributed by atoms with Crippen LogP contribution in [0.25, 0.3) is 0 Å². The molecule has 0 radical (unpaired) electrons. The molecule has 0 saturated carbocycles. The third-order valence-electron chi connectivity index (χ3n) is 3.50. The number of halogens is 2. The van der Waals surface area contributed by atoms with Crippen LogP contribution in [0.3, 0.4) is 0 Å². The van der Waals surface area contributed by atoms with E-state index >= 15 is 0 Å². The molecule has 1 atom stereocenters. The van der Waals surface area contributed by atoms with Gasteiger partial charge in [0.25, 0.3) is 0 Å². The Morgan fingerprint density at radius 2 is 1.79 bits per heavy atom. The standard InChI is InChI=1S/C15H21Cl2NO/c1-3-13(12-8-6-5-7-9-12)14(19)18-15(4-2,10-16)11-17/h5-9,13H,3-4,10-11H2,1-2H3,(H,18,19). The van der Waals surface area contributed by atoms with Crippen molar-refractivity contribution >= 4 is 29.1 Å². The zero-order valence-corrected chi connectivity index (χ0v) is 13.0. The molecule has 106 valence electrons. The van der Waals surface area contributed by atoms with E-state index in [1.54, 1.807) is 0 Å². The maximum atomic E-state index is 12.4. The van der Waals surface area contributed by atoms with Gasteiger partial charge in [-0.25, -0.2) is 0 Å². The molecule has 0 heterocycles. The van der Waals surface area contributed by atoms with Crippen LogP contribution in [-0.4, -0.2) is 23.2 Å². The van der Waals surface area contributed by atoms with Crippen molar-refractivity contribution in [3.63, 3.8) is 0 Å². The van der Waals surface area contributed by atoms with Crippen molar-refractivity contribution in [3.05, 3.63) is 35.9 Å². The normalized spacial score (nSPS) is 13.1. The van der Waals surface area contributed by atoms with Crippen molar-refractivity contribution < 1.29 is 4.79 Å². The average Bonchev–Trinajstić information content (AvgIpc) is 2.47. The largest absolute Gasteiger partial charge is 0.348 e. The van der Waals surface area contributed by atoms with Crippen LogP contribution in [0.5, 0.6) is 0 Å². The van der Waals surface area contributed by atoms with Gasteiger partial charge >= 0.3 is 0 Å². The van der Waals surface area contributed by atoms with Crippen molar-refractivity contribution in [2.24, 2.45) is 0 Å². The fourth-order valence-corrected chi connectivity index (χ4v) is 2.78. The van der Waals surface area contributed by atoms with Crippen LogP contribution in [0.15, 0.2) is 30.3 Å². The SMILES string of the molecule is CCC(C(=O)NC(CC)(CCl)CCl)c1ccccc1. The number of nitrogens with one attached hydrogen (secondary N) is 1. The first-order valence-corrected chi connectivity index (χ1v) is 7.68. The predicted molar refractivity (Wildman–Crippen MR) is 82.1 cm³/mol. The van der Waals surface area contributed by atoms with Gasteiger partial charge in [0.15, 0.2) is 0 Å². The molecule has 4 heteroatoms. The summed E-state index contributed by atoms with van der Waals surface area (Å²) >= 11 is 11.9. The highest BCUT2D eigenvalue weighted by molar-refractivity contribution is 6.22. The van der Waals surface area contributed by atoms with Gasteiger partial charge in [-0.3, -0.25) is 4.79 Å². The Balaban J connectivity index is 2.86. The summed E-state index contributed by atoms with van der Waals surface area (Å²) in [5.74, 6) is 0.490. The van der Waals surface area contributed by atoms with Crippen molar-refractivity contribution in [1.29, 1.82) is 0 Å². The molecule has 0 aliphatic heterocycles. The Morgan fingerprint density at radius 3 is 2.21 bits per heavy atom. The van der Waals surface area contributed by atoms with Gasteiger partial charge in [-0.1, -0.05) is 44.2 Å². The highest BCUT2D eigenvalue weighted by atomic mass is 35.5. The van der Waals surface area contributed by atoms with Crippen molar-refractivity contribution in [1.82, 2.24) is 5.32 Å². The molecule has 1 aromatic carbocycles. The maximum absolute atomic E-state index is 12.4. The Bertz CT molecular complexity index is 382. The Labute approximate surface area is 125 Å². The van der Waals surface area contributed by atoms with Crippen molar-refractivity contribution in [2.75, 3.05) is 11.8 Å². The number of carbonyl (C=O) groups excluding carboxylic acids is 1. The summed E-state index contributed by atoms with van der Waals surface area (Å²) in [6, 6.07) is 9.79. The molecule has 0 saturated heterocycles. The number of benzene rings is 1. The number of hydrogen-bond donors (Lipinski definition) is 1. The highest BCUT2D eigenvalue weighted by Gasteiger charge is 2.31. The van der Waals surface area contributed by atoms with E-state index in [-0.39, 0.29) is 11.8 Å². The molecule has 19 heavy (non-hydrogen) atoms. The van der Waals surface area contributed by atoms with E-state index < -0.39 is 5.54 Å². The quantitative estimate of drug-likeness (QED) is 0.760. The first kappa shape index (κ1) is 16.3. The molecule has 1 amide bonds. The minimum absolute atomic E-state index is 0.00292. The van der Waals surface area contributed by atoms with Gasteiger partial charge in [0.1, 0.15) is 0 Å². The summed E-state index contributed by atoms with van der Waals surface area (Å²) in [5, 5.41) is 3.03. The summed E-state index contributed by atoms with van der Waals surface area (Å²) in [6.07, 6.45) is 1.47. The molecule has 0 spiro atoms. The van der Waals surface area contributed by atoms with Crippen LogP contribution >= 0.6 is 23.2 Å². The second-order valence-corrected chi connectivity index (χ2v) is 5.30. The lowest BCUT2D eigenvalue weighted by Crippen LogP contribution is -2.52. The fraction of sp³-hybridized carbons (Fsp3) is 0.533. The molecule has 1 aromatic rings. The van der Waals surface area contributed by atoms with Gasteiger partial charge in [-0.05, 0) is 18.4 Å². The fourth-order valence-electron chi connectivity index (χ4n) is 1.99. The number of rotatable bonds is 7. The number of amides is 1. The van der Waals surface area contributed by atoms with E-state index in [1.165, 1.54) is 0 Å². The molecule has 0 aliphatic carbocycles. The topological polar surface area (TPSA) is 29.1 Å². The molecule has 1 unspecified atom stereocenters. The number of hydrogen-bond acceptors (Lipinski definition) is 1. The lowest BCUT2D eigenvalue weighted by atomic mass is 9.93. The van der Waals surface area contributed by atoms with E-state index in [1.807, 2.05) is 44.2 Å². The van der Waals surface area contributed by atoms with Gasteiger partial charge in [-0.2, -0.15) is 0 Å². The van der Waals surface area contributed by atoms with Crippen LogP contribution in [0, 0.1) is 0 Å². The predicted octanol–water partition coefficient (Wildman–Crippen LogP) is 3.92. The third kappa shape index (κ3) is 4.12. The molecular weight excluding hydrogens is 281 g/mol. The molecule has 0 fully saturated rings. The van der Waals surface area contributed by atoms with E-state index in [4.69, 9.17) is 23.2 Å². The molecular formula is C15H21Cl2NO.